The van der Waals surface area contributed by atoms with Crippen LogP contribution >= 0.6 is 11.6 Å². The van der Waals surface area contributed by atoms with Gasteiger partial charge in [-0.25, -0.2) is 4.98 Å². The maximum Gasteiger partial charge on any atom is 0.252 e. The van der Waals surface area contributed by atoms with E-state index in [2.05, 4.69) is 10.3 Å². The fourth-order valence-electron chi connectivity index (χ4n) is 1.88. The molecular formula is C12H15ClN2O2. The number of carbonyl (C=O) groups excluding carboxylic acids is 1. The predicted octanol–water partition coefficient (Wildman–Crippen LogP) is 2.03. The standard InChI is InChI=1S/C12H15ClN2O2/c1-17-12(5-2-6-12)8-15-11(16)9-3-4-10(13)14-7-9/h3-4,7H,2,5-6,8H2,1H3,(H,15,16). The minimum absolute atomic E-state index is 0.141. The lowest BCUT2D eigenvalue weighted by Gasteiger charge is -2.40. The van der Waals surface area contributed by atoms with Gasteiger partial charge >= 0.3 is 0 Å². The number of ether oxygens (including phenoxy) is 1. The molecule has 0 aliphatic heterocycles. The number of hydrogen-bond acceptors (Lipinski definition) is 3. The summed E-state index contributed by atoms with van der Waals surface area (Å²) in [5.74, 6) is -0.141. The van der Waals surface area contributed by atoms with Gasteiger partial charge in [-0.3, -0.25) is 4.79 Å². The van der Waals surface area contributed by atoms with Crippen molar-refractivity contribution in [3.63, 3.8) is 0 Å². The first kappa shape index (κ1) is 12.3. The number of aromatic nitrogens is 1. The van der Waals surface area contributed by atoms with Crippen molar-refractivity contribution in [1.82, 2.24) is 10.3 Å². The van der Waals surface area contributed by atoms with Crippen molar-refractivity contribution >= 4 is 17.5 Å². The zero-order chi connectivity index (χ0) is 12.3. The van der Waals surface area contributed by atoms with Gasteiger partial charge in [0.05, 0.1) is 11.2 Å². The molecule has 0 spiro atoms. The number of hydrogen-bond donors (Lipinski definition) is 1. The summed E-state index contributed by atoms with van der Waals surface area (Å²) in [6.07, 6.45) is 4.63. The summed E-state index contributed by atoms with van der Waals surface area (Å²) in [4.78, 5) is 15.7. The fourth-order valence-corrected chi connectivity index (χ4v) is 1.99. The van der Waals surface area contributed by atoms with Gasteiger partial charge in [-0.15, -0.1) is 0 Å². The van der Waals surface area contributed by atoms with E-state index in [0.717, 1.165) is 19.3 Å². The average molecular weight is 255 g/mol. The Morgan fingerprint density at radius 3 is 2.82 bits per heavy atom. The van der Waals surface area contributed by atoms with Crippen LogP contribution < -0.4 is 5.32 Å². The summed E-state index contributed by atoms with van der Waals surface area (Å²) in [7, 11) is 1.69. The molecule has 1 aliphatic rings. The lowest BCUT2D eigenvalue weighted by atomic mass is 9.80. The molecule has 1 aromatic rings. The highest BCUT2D eigenvalue weighted by Gasteiger charge is 2.37. The third-order valence-electron chi connectivity index (χ3n) is 3.26. The summed E-state index contributed by atoms with van der Waals surface area (Å²) in [5.41, 5.74) is 0.357. The number of nitrogens with zero attached hydrogens (tertiary/aromatic N) is 1. The summed E-state index contributed by atoms with van der Waals surface area (Å²) >= 11 is 5.66. The maximum atomic E-state index is 11.8. The maximum absolute atomic E-state index is 11.8. The molecule has 0 unspecified atom stereocenters. The van der Waals surface area contributed by atoms with Crippen LogP contribution in [-0.2, 0) is 4.74 Å². The van der Waals surface area contributed by atoms with Gasteiger partial charge in [0.15, 0.2) is 0 Å². The van der Waals surface area contributed by atoms with Crippen LogP contribution in [0.1, 0.15) is 29.6 Å². The van der Waals surface area contributed by atoms with E-state index >= 15 is 0 Å². The molecule has 0 atom stereocenters. The minimum Gasteiger partial charge on any atom is -0.376 e. The highest BCUT2D eigenvalue weighted by Crippen LogP contribution is 2.34. The molecule has 1 saturated carbocycles. The van der Waals surface area contributed by atoms with Crippen molar-refractivity contribution in [1.29, 1.82) is 0 Å². The van der Waals surface area contributed by atoms with E-state index in [0.29, 0.717) is 17.3 Å². The van der Waals surface area contributed by atoms with E-state index in [1.165, 1.54) is 6.20 Å². The van der Waals surface area contributed by atoms with Crippen LogP contribution in [0.5, 0.6) is 0 Å². The normalized spacial score (nSPS) is 17.3. The zero-order valence-electron chi connectivity index (χ0n) is 9.70. The Bertz CT molecular complexity index is 396. The second-order valence-corrected chi connectivity index (χ2v) is 4.68. The molecule has 0 saturated heterocycles. The molecule has 1 heterocycles. The van der Waals surface area contributed by atoms with Crippen molar-refractivity contribution in [3.05, 3.63) is 29.0 Å². The van der Waals surface area contributed by atoms with E-state index in [9.17, 15) is 4.79 Å². The third-order valence-corrected chi connectivity index (χ3v) is 3.48. The second kappa shape index (κ2) is 5.02. The van der Waals surface area contributed by atoms with Crippen molar-refractivity contribution in [3.8, 4) is 0 Å². The smallest absolute Gasteiger partial charge is 0.252 e. The number of nitrogens with one attached hydrogen (secondary N) is 1. The van der Waals surface area contributed by atoms with Crippen molar-refractivity contribution in [2.75, 3.05) is 13.7 Å². The Morgan fingerprint density at radius 1 is 1.59 bits per heavy atom. The summed E-state index contributed by atoms with van der Waals surface area (Å²) in [6.45, 7) is 0.547. The van der Waals surface area contributed by atoms with Crippen LogP contribution in [0, 0.1) is 0 Å². The van der Waals surface area contributed by atoms with Gasteiger partial charge < -0.3 is 10.1 Å². The lowest BCUT2D eigenvalue weighted by molar-refractivity contribution is -0.0679. The largest absolute Gasteiger partial charge is 0.376 e. The van der Waals surface area contributed by atoms with E-state index in [1.807, 2.05) is 0 Å². The first-order valence-corrected chi connectivity index (χ1v) is 5.98. The van der Waals surface area contributed by atoms with E-state index < -0.39 is 0 Å². The molecule has 1 fully saturated rings. The van der Waals surface area contributed by atoms with E-state index in [1.54, 1.807) is 19.2 Å². The first-order valence-electron chi connectivity index (χ1n) is 5.60. The summed E-state index contributed by atoms with van der Waals surface area (Å²) < 4.78 is 5.43. The van der Waals surface area contributed by atoms with Crippen LogP contribution in [0.3, 0.4) is 0 Å². The second-order valence-electron chi connectivity index (χ2n) is 4.29. The molecule has 0 bridgehead atoms. The van der Waals surface area contributed by atoms with Gasteiger partial charge in [0.25, 0.3) is 5.91 Å². The molecule has 1 aliphatic carbocycles. The quantitative estimate of drug-likeness (QED) is 0.837. The Labute approximate surface area is 105 Å². The van der Waals surface area contributed by atoms with Gasteiger partial charge in [-0.2, -0.15) is 0 Å². The number of rotatable bonds is 4. The first-order chi connectivity index (χ1) is 8.15. The Morgan fingerprint density at radius 2 is 2.35 bits per heavy atom. The van der Waals surface area contributed by atoms with E-state index in [-0.39, 0.29) is 11.5 Å². The number of pyridine rings is 1. The summed E-state index contributed by atoms with van der Waals surface area (Å²) in [5, 5.41) is 3.25. The molecule has 17 heavy (non-hydrogen) atoms. The molecule has 1 amide bonds. The molecule has 5 heteroatoms. The number of halogens is 1. The van der Waals surface area contributed by atoms with Gasteiger partial charge in [-0.05, 0) is 31.4 Å². The Balaban J connectivity index is 1.91. The number of methoxy groups -OCH3 is 1. The van der Waals surface area contributed by atoms with Crippen LogP contribution in [0.2, 0.25) is 5.15 Å². The van der Waals surface area contributed by atoms with Crippen LogP contribution in [0.25, 0.3) is 0 Å². The molecule has 2 rings (SSSR count). The van der Waals surface area contributed by atoms with Gasteiger partial charge in [0.1, 0.15) is 5.15 Å². The van der Waals surface area contributed by atoms with Crippen molar-refractivity contribution < 1.29 is 9.53 Å². The molecule has 92 valence electrons. The van der Waals surface area contributed by atoms with E-state index in [4.69, 9.17) is 16.3 Å². The highest BCUT2D eigenvalue weighted by molar-refractivity contribution is 6.29. The molecule has 1 N–H and O–H groups in total. The molecule has 4 nitrogen and oxygen atoms in total. The average Bonchev–Trinajstić information content (AvgIpc) is 2.29. The number of amides is 1. The molecule has 1 aromatic heterocycles. The summed E-state index contributed by atoms with van der Waals surface area (Å²) in [6, 6.07) is 3.26. The Hall–Kier alpha value is -1.13. The Kier molecular flexibility index (Phi) is 3.64. The van der Waals surface area contributed by atoms with Crippen molar-refractivity contribution in [2.45, 2.75) is 24.9 Å². The van der Waals surface area contributed by atoms with Gasteiger partial charge in [-0.1, -0.05) is 11.6 Å². The third kappa shape index (κ3) is 2.76. The van der Waals surface area contributed by atoms with Crippen LogP contribution in [-0.4, -0.2) is 30.1 Å². The zero-order valence-corrected chi connectivity index (χ0v) is 10.5. The van der Waals surface area contributed by atoms with Crippen molar-refractivity contribution in [2.24, 2.45) is 0 Å². The monoisotopic (exact) mass is 254 g/mol. The molecule has 0 aromatic carbocycles. The molecule has 0 radical (unpaired) electrons. The van der Waals surface area contributed by atoms with Crippen LogP contribution in [0.4, 0.5) is 0 Å². The highest BCUT2D eigenvalue weighted by atomic mass is 35.5. The predicted molar refractivity (Wildman–Crippen MR) is 65.2 cm³/mol. The lowest BCUT2D eigenvalue weighted by Crippen LogP contribution is -2.49. The van der Waals surface area contributed by atoms with Gasteiger partial charge in [0, 0.05) is 19.9 Å². The van der Waals surface area contributed by atoms with Crippen LogP contribution in [0.15, 0.2) is 18.3 Å². The SMILES string of the molecule is COC1(CNC(=O)c2ccc(Cl)nc2)CCC1. The topological polar surface area (TPSA) is 51.2 Å². The minimum atomic E-state index is -0.157. The molecular weight excluding hydrogens is 240 g/mol. The van der Waals surface area contributed by atoms with Gasteiger partial charge in [0.2, 0.25) is 0 Å². The fraction of sp³-hybridized carbons (Fsp3) is 0.500. The number of carbonyl (C=O) groups is 1.